The van der Waals surface area contributed by atoms with Gasteiger partial charge < -0.3 is 15.5 Å². The van der Waals surface area contributed by atoms with Crippen LogP contribution < -0.4 is 11.1 Å². The van der Waals surface area contributed by atoms with E-state index in [2.05, 4.69) is 20.5 Å². The van der Waals surface area contributed by atoms with Gasteiger partial charge in [-0.05, 0) is 79.0 Å². The van der Waals surface area contributed by atoms with Crippen LogP contribution in [0.25, 0.3) is 21.9 Å². The number of carbonyl (C=O) groups is 2. The molecule has 1 aliphatic carbocycles. The number of pyridine rings is 2. The second-order valence-electron chi connectivity index (χ2n) is 12.1. The average Bonchev–Trinajstić information content (AvgIpc) is 3.77. The van der Waals surface area contributed by atoms with Crippen molar-refractivity contribution in [2.24, 2.45) is 11.7 Å². The fourth-order valence-corrected chi connectivity index (χ4v) is 7.06. The molecule has 236 valence electrons. The van der Waals surface area contributed by atoms with Crippen LogP contribution >= 0.6 is 11.3 Å². The number of rotatable bonds is 10. The molecule has 0 saturated carbocycles. The minimum absolute atomic E-state index is 0.0662. The topological polar surface area (TPSA) is 137 Å². The van der Waals surface area contributed by atoms with Gasteiger partial charge in [0.25, 0.3) is 11.8 Å². The Bertz CT molecular complexity index is 1920. The van der Waals surface area contributed by atoms with Gasteiger partial charge in [-0.25, -0.2) is 4.39 Å². The number of aryl methyl sites for hydroxylation is 2. The number of carbonyl (C=O) groups excluding carboxylic acids is 2. The molecule has 9 nitrogen and oxygen atoms in total. The van der Waals surface area contributed by atoms with E-state index in [1.165, 1.54) is 23.5 Å². The molecule has 5 aromatic rings. The molecule has 0 fully saturated rings. The molecular formula is C35H35FN6O3S. The SMILES string of the molecule is Cc1nnc(-c2c(CC(C)c3ccc(F)cc3)nc(CC(C)C)c(C(N)=O)c2-c2ccc(C(=O)NC3CCc4ncccc43)s2)o1. The Labute approximate surface area is 270 Å². The number of thiophene rings is 1. The average molecular weight is 639 g/mol. The summed E-state index contributed by atoms with van der Waals surface area (Å²) in [6.07, 6.45) is 4.29. The third kappa shape index (κ3) is 6.32. The van der Waals surface area contributed by atoms with Crippen LogP contribution in [0.15, 0.2) is 59.1 Å². The Morgan fingerprint density at radius 3 is 2.52 bits per heavy atom. The van der Waals surface area contributed by atoms with Gasteiger partial charge in [-0.15, -0.1) is 21.5 Å². The van der Waals surface area contributed by atoms with Gasteiger partial charge in [0.15, 0.2) is 0 Å². The lowest BCUT2D eigenvalue weighted by Crippen LogP contribution is -2.26. The first-order valence-electron chi connectivity index (χ1n) is 15.3. The molecule has 0 saturated heterocycles. The summed E-state index contributed by atoms with van der Waals surface area (Å²) < 4.78 is 19.7. The molecule has 11 heteroatoms. The summed E-state index contributed by atoms with van der Waals surface area (Å²) in [7, 11) is 0. The standard InChI is InChI=1S/C35H35FN6O3S/c1-18(2)16-26-30(33(37)43)32(28-13-14-29(46-28)34(44)40-25-12-11-24-23(25)6-5-15-38-24)31(35-42-41-20(4)45-35)27(39-26)17-19(3)21-7-9-22(36)10-8-21/h5-10,13-15,18-19,25H,11-12,16-17H2,1-4H3,(H2,37,43)(H,40,44). The number of primary amides is 1. The van der Waals surface area contributed by atoms with Crippen molar-refractivity contribution >= 4 is 23.2 Å². The van der Waals surface area contributed by atoms with Crippen LogP contribution in [-0.4, -0.2) is 32.0 Å². The lowest BCUT2D eigenvalue weighted by Gasteiger charge is -2.21. The van der Waals surface area contributed by atoms with Crippen LogP contribution in [-0.2, 0) is 19.3 Å². The highest BCUT2D eigenvalue weighted by Gasteiger charge is 2.31. The molecule has 0 radical (unpaired) electrons. The number of aromatic nitrogens is 4. The molecule has 46 heavy (non-hydrogen) atoms. The minimum atomic E-state index is -0.636. The number of hydrogen-bond donors (Lipinski definition) is 2. The molecule has 1 aromatic carbocycles. The van der Waals surface area contributed by atoms with E-state index in [9.17, 15) is 14.0 Å². The smallest absolute Gasteiger partial charge is 0.261 e. The summed E-state index contributed by atoms with van der Waals surface area (Å²) in [6.45, 7) is 7.82. The van der Waals surface area contributed by atoms with Gasteiger partial charge in [-0.2, -0.15) is 0 Å². The maximum absolute atomic E-state index is 13.7. The number of nitrogens with zero attached hydrogens (tertiary/aromatic N) is 4. The van der Waals surface area contributed by atoms with E-state index in [-0.39, 0.29) is 41.1 Å². The van der Waals surface area contributed by atoms with E-state index >= 15 is 0 Å². The van der Waals surface area contributed by atoms with Crippen LogP contribution in [0.1, 0.15) is 93.3 Å². The first-order chi connectivity index (χ1) is 22.1. The van der Waals surface area contributed by atoms with Gasteiger partial charge in [-0.3, -0.25) is 19.6 Å². The van der Waals surface area contributed by atoms with Gasteiger partial charge in [0.1, 0.15) is 5.82 Å². The molecule has 3 N–H and O–H groups in total. The number of nitrogens with two attached hydrogens (primary N) is 1. The van der Waals surface area contributed by atoms with Gasteiger partial charge >= 0.3 is 0 Å². The first-order valence-corrected chi connectivity index (χ1v) is 16.2. The van der Waals surface area contributed by atoms with E-state index in [1.54, 1.807) is 31.3 Å². The molecule has 6 rings (SSSR count). The van der Waals surface area contributed by atoms with Crippen molar-refractivity contribution in [3.8, 4) is 21.9 Å². The third-order valence-electron chi connectivity index (χ3n) is 8.23. The summed E-state index contributed by atoms with van der Waals surface area (Å²) in [5, 5.41) is 11.6. The molecule has 2 amide bonds. The Kier molecular flexibility index (Phi) is 8.77. The van der Waals surface area contributed by atoms with Crippen LogP contribution in [0, 0.1) is 18.7 Å². The van der Waals surface area contributed by atoms with E-state index in [4.69, 9.17) is 15.1 Å². The molecule has 0 spiro atoms. The van der Waals surface area contributed by atoms with Crippen molar-refractivity contribution in [1.82, 2.24) is 25.5 Å². The minimum Gasteiger partial charge on any atom is -0.421 e. The number of fused-ring (bicyclic) bond motifs is 1. The Morgan fingerprint density at radius 2 is 1.83 bits per heavy atom. The first kappa shape index (κ1) is 31.2. The summed E-state index contributed by atoms with van der Waals surface area (Å²) >= 11 is 1.26. The molecule has 4 aromatic heterocycles. The molecule has 2 atom stereocenters. The Morgan fingerprint density at radius 1 is 1.04 bits per heavy atom. The highest BCUT2D eigenvalue weighted by molar-refractivity contribution is 7.17. The van der Waals surface area contributed by atoms with E-state index in [0.29, 0.717) is 51.0 Å². The predicted octanol–water partition coefficient (Wildman–Crippen LogP) is 6.76. The van der Waals surface area contributed by atoms with Crippen molar-refractivity contribution < 1.29 is 18.4 Å². The van der Waals surface area contributed by atoms with Gasteiger partial charge in [0, 0.05) is 29.3 Å². The van der Waals surface area contributed by atoms with Crippen molar-refractivity contribution in [1.29, 1.82) is 0 Å². The van der Waals surface area contributed by atoms with Crippen molar-refractivity contribution in [3.05, 3.63) is 105 Å². The number of nitrogens with one attached hydrogen (secondary N) is 1. The summed E-state index contributed by atoms with van der Waals surface area (Å²) in [6, 6.07) is 13.7. The van der Waals surface area contributed by atoms with E-state index < -0.39 is 5.91 Å². The van der Waals surface area contributed by atoms with Crippen LogP contribution in [0.2, 0.25) is 0 Å². The van der Waals surface area contributed by atoms with Gasteiger partial charge in [0.2, 0.25) is 11.8 Å². The maximum Gasteiger partial charge on any atom is 0.261 e. The zero-order valence-electron chi connectivity index (χ0n) is 26.1. The number of amides is 2. The van der Waals surface area contributed by atoms with E-state index in [1.807, 2.05) is 39.0 Å². The Hall–Kier alpha value is -4.77. The van der Waals surface area contributed by atoms with Gasteiger partial charge in [0.05, 0.1) is 33.4 Å². The largest absolute Gasteiger partial charge is 0.421 e. The monoisotopic (exact) mass is 638 g/mol. The van der Waals surface area contributed by atoms with E-state index in [0.717, 1.165) is 29.7 Å². The van der Waals surface area contributed by atoms with Crippen LogP contribution in [0.3, 0.4) is 0 Å². The van der Waals surface area contributed by atoms with Crippen LogP contribution in [0.5, 0.6) is 0 Å². The number of halogens is 1. The van der Waals surface area contributed by atoms with Crippen molar-refractivity contribution in [2.75, 3.05) is 0 Å². The zero-order chi connectivity index (χ0) is 32.5. The fraction of sp³-hybridized carbons (Fsp3) is 0.314. The van der Waals surface area contributed by atoms with Gasteiger partial charge in [-0.1, -0.05) is 39.0 Å². The molecular weight excluding hydrogens is 603 g/mol. The molecule has 2 unspecified atom stereocenters. The summed E-state index contributed by atoms with van der Waals surface area (Å²) in [4.78, 5) is 37.4. The van der Waals surface area contributed by atoms with Crippen molar-refractivity contribution in [3.63, 3.8) is 0 Å². The lowest BCUT2D eigenvalue weighted by atomic mass is 9.88. The fourth-order valence-electron chi connectivity index (χ4n) is 6.10. The Balaban J connectivity index is 1.48. The molecule has 0 aliphatic heterocycles. The highest BCUT2D eigenvalue weighted by atomic mass is 32.1. The molecule has 1 aliphatic rings. The quantitative estimate of drug-likeness (QED) is 0.172. The zero-order valence-corrected chi connectivity index (χ0v) is 27.0. The second-order valence-corrected chi connectivity index (χ2v) is 13.2. The normalized spacial score (nSPS) is 14.8. The number of hydrogen-bond acceptors (Lipinski definition) is 8. The molecule has 0 bridgehead atoms. The predicted molar refractivity (Wildman–Crippen MR) is 174 cm³/mol. The van der Waals surface area contributed by atoms with Crippen LogP contribution in [0.4, 0.5) is 4.39 Å². The summed E-state index contributed by atoms with van der Waals surface area (Å²) in [5.41, 5.74) is 11.6. The summed E-state index contributed by atoms with van der Waals surface area (Å²) in [5.74, 6) is -0.500. The maximum atomic E-state index is 13.7. The number of benzene rings is 1. The third-order valence-corrected chi connectivity index (χ3v) is 9.33. The highest BCUT2D eigenvalue weighted by Crippen LogP contribution is 2.43. The lowest BCUT2D eigenvalue weighted by molar-refractivity contribution is 0.0939. The van der Waals surface area contributed by atoms with Crippen molar-refractivity contribution in [2.45, 2.75) is 65.3 Å². The second kappa shape index (κ2) is 12.9. The molecule has 4 heterocycles.